The van der Waals surface area contributed by atoms with E-state index in [1.807, 2.05) is 24.3 Å². The summed E-state index contributed by atoms with van der Waals surface area (Å²) >= 11 is 1.75. The molecule has 4 rings (SSSR count). The average Bonchev–Trinajstić information content (AvgIpc) is 2.94. The van der Waals surface area contributed by atoms with Crippen LogP contribution < -0.4 is 10.6 Å². The summed E-state index contributed by atoms with van der Waals surface area (Å²) in [6.45, 7) is 1.92. The molecule has 2 aromatic heterocycles. The Balaban J connectivity index is 1.81. The highest BCUT2D eigenvalue weighted by Gasteiger charge is 2.19. The molecule has 0 unspecified atom stereocenters. The molecule has 0 aliphatic carbocycles. The molecule has 1 aliphatic rings. The maximum atomic E-state index is 5.47. The molecular weight excluding hydrogens is 292 g/mol. The minimum absolute atomic E-state index is 0.854. The second-order valence-electron chi connectivity index (χ2n) is 5.18. The number of hydrogen-bond acceptors (Lipinski definition) is 5. The number of nitrogens with zero attached hydrogens (tertiary/aromatic N) is 2. The van der Waals surface area contributed by atoms with Crippen LogP contribution in [-0.4, -0.2) is 16.5 Å². The number of nitrogens with one attached hydrogen (secondary N) is 2. The zero-order valence-corrected chi connectivity index (χ0v) is 12.7. The molecule has 0 fully saturated rings. The second-order valence-corrected chi connectivity index (χ2v) is 6.27. The molecule has 0 spiro atoms. The van der Waals surface area contributed by atoms with E-state index in [1.54, 1.807) is 17.7 Å². The zero-order chi connectivity index (χ0) is 14.9. The van der Waals surface area contributed by atoms with Crippen molar-refractivity contribution < 1.29 is 0 Å². The van der Waals surface area contributed by atoms with Crippen LogP contribution in [-0.2, 0) is 13.0 Å². The maximum Gasteiger partial charge on any atom is 0.142 e. The lowest BCUT2D eigenvalue weighted by Crippen LogP contribution is -2.22. The van der Waals surface area contributed by atoms with Crippen LogP contribution in [0.25, 0.3) is 10.2 Å². The van der Waals surface area contributed by atoms with Crippen molar-refractivity contribution in [1.29, 1.82) is 0 Å². The third-order valence-electron chi connectivity index (χ3n) is 3.80. The molecule has 3 aromatic rings. The van der Waals surface area contributed by atoms with Gasteiger partial charge in [-0.1, -0.05) is 12.0 Å². The van der Waals surface area contributed by atoms with Gasteiger partial charge in [0.1, 0.15) is 17.0 Å². The highest BCUT2D eigenvalue weighted by molar-refractivity contribution is 7.19. The molecule has 0 atom stereocenters. The molecule has 0 saturated heterocycles. The van der Waals surface area contributed by atoms with Gasteiger partial charge < -0.3 is 10.6 Å². The summed E-state index contributed by atoms with van der Waals surface area (Å²) in [5.41, 5.74) is 3.17. The van der Waals surface area contributed by atoms with Gasteiger partial charge in [-0.2, -0.15) is 0 Å². The number of benzene rings is 1. The Morgan fingerprint density at radius 3 is 3.18 bits per heavy atom. The first-order valence-electron chi connectivity index (χ1n) is 7.15. The Morgan fingerprint density at radius 2 is 2.27 bits per heavy atom. The Morgan fingerprint density at radius 1 is 1.32 bits per heavy atom. The molecule has 1 aromatic carbocycles. The molecule has 5 heteroatoms. The van der Waals surface area contributed by atoms with E-state index in [4.69, 9.17) is 6.42 Å². The van der Waals surface area contributed by atoms with Crippen LogP contribution in [0.5, 0.6) is 0 Å². The minimum atomic E-state index is 0.854. The van der Waals surface area contributed by atoms with Gasteiger partial charge in [-0.05, 0) is 36.7 Å². The van der Waals surface area contributed by atoms with Gasteiger partial charge in [0.05, 0.1) is 5.39 Å². The molecule has 4 nitrogen and oxygen atoms in total. The number of thiophene rings is 1. The highest BCUT2D eigenvalue weighted by Crippen LogP contribution is 2.36. The summed E-state index contributed by atoms with van der Waals surface area (Å²) in [4.78, 5) is 11.3. The fourth-order valence-electron chi connectivity index (χ4n) is 2.78. The van der Waals surface area contributed by atoms with Gasteiger partial charge >= 0.3 is 0 Å². The number of hydrogen-bond donors (Lipinski definition) is 2. The largest absolute Gasteiger partial charge is 0.340 e. The number of fused-ring (bicyclic) bond motifs is 3. The first kappa shape index (κ1) is 13.3. The molecule has 2 N–H and O–H groups in total. The van der Waals surface area contributed by atoms with Crippen LogP contribution in [0.4, 0.5) is 11.5 Å². The van der Waals surface area contributed by atoms with Crippen molar-refractivity contribution >= 4 is 33.1 Å². The van der Waals surface area contributed by atoms with Gasteiger partial charge in [0, 0.05) is 22.7 Å². The molecule has 108 valence electrons. The minimum Gasteiger partial charge on any atom is -0.340 e. The summed E-state index contributed by atoms with van der Waals surface area (Å²) in [6, 6.07) is 7.81. The first-order chi connectivity index (χ1) is 10.8. The van der Waals surface area contributed by atoms with Crippen LogP contribution in [0, 0.1) is 12.3 Å². The van der Waals surface area contributed by atoms with Gasteiger partial charge in [-0.15, -0.1) is 17.8 Å². The van der Waals surface area contributed by atoms with Crippen LogP contribution in [0.3, 0.4) is 0 Å². The summed E-state index contributed by atoms with van der Waals surface area (Å²) in [6.07, 6.45) is 8.10. The summed E-state index contributed by atoms with van der Waals surface area (Å²) < 4.78 is 0. The predicted molar refractivity (Wildman–Crippen MR) is 90.5 cm³/mol. The summed E-state index contributed by atoms with van der Waals surface area (Å²) in [7, 11) is 0. The highest BCUT2D eigenvalue weighted by atomic mass is 32.1. The van der Waals surface area contributed by atoms with Crippen molar-refractivity contribution in [2.45, 2.75) is 13.0 Å². The molecule has 0 saturated carbocycles. The monoisotopic (exact) mass is 306 g/mol. The lowest BCUT2D eigenvalue weighted by Gasteiger charge is -2.13. The van der Waals surface area contributed by atoms with Crippen molar-refractivity contribution in [2.24, 2.45) is 0 Å². The Labute approximate surface area is 132 Å². The van der Waals surface area contributed by atoms with E-state index < -0.39 is 0 Å². The van der Waals surface area contributed by atoms with Gasteiger partial charge in [0.2, 0.25) is 0 Å². The Bertz CT molecular complexity index is 891. The van der Waals surface area contributed by atoms with Gasteiger partial charge in [-0.3, -0.25) is 0 Å². The predicted octanol–water partition coefficient (Wildman–Crippen LogP) is 3.06. The number of anilines is 2. The first-order valence-corrected chi connectivity index (χ1v) is 7.96. The number of aromatic nitrogens is 2. The van der Waals surface area contributed by atoms with E-state index >= 15 is 0 Å². The fraction of sp³-hybridized carbons (Fsp3) is 0.176. The molecule has 0 amide bonds. The molecule has 22 heavy (non-hydrogen) atoms. The number of terminal acetylenes is 1. The molecule has 0 radical (unpaired) electrons. The van der Waals surface area contributed by atoms with E-state index in [9.17, 15) is 0 Å². The SMILES string of the molecule is C#Cc1cccc(Nc2ncnc3sc4c(c23)CCNC4)c1. The van der Waals surface area contributed by atoms with E-state index in [-0.39, 0.29) is 0 Å². The van der Waals surface area contributed by atoms with Crippen LogP contribution in [0.1, 0.15) is 16.0 Å². The standard InChI is InChI=1S/C17H14N4S/c1-2-11-4-3-5-12(8-11)21-16-15-13-6-7-18-9-14(13)22-17(15)20-10-19-16/h1,3-5,8,10,18H,6-7,9H2,(H,19,20,21). The maximum absolute atomic E-state index is 5.47. The molecule has 0 bridgehead atoms. The van der Waals surface area contributed by atoms with Crippen LogP contribution in [0.15, 0.2) is 30.6 Å². The third kappa shape index (κ3) is 2.23. The zero-order valence-electron chi connectivity index (χ0n) is 11.9. The summed E-state index contributed by atoms with van der Waals surface area (Å²) in [5.74, 6) is 3.52. The van der Waals surface area contributed by atoms with Gasteiger partial charge in [-0.25, -0.2) is 9.97 Å². The molecule has 3 heterocycles. The van der Waals surface area contributed by atoms with E-state index in [0.717, 1.165) is 46.8 Å². The third-order valence-corrected chi connectivity index (χ3v) is 4.94. The van der Waals surface area contributed by atoms with Crippen molar-refractivity contribution in [2.75, 3.05) is 11.9 Å². The molecular formula is C17H14N4S. The second kappa shape index (κ2) is 5.41. The number of rotatable bonds is 2. The lowest BCUT2D eigenvalue weighted by atomic mass is 10.1. The van der Waals surface area contributed by atoms with Crippen molar-refractivity contribution in [3.8, 4) is 12.3 Å². The van der Waals surface area contributed by atoms with Crippen molar-refractivity contribution in [3.63, 3.8) is 0 Å². The topological polar surface area (TPSA) is 49.8 Å². The van der Waals surface area contributed by atoms with Crippen molar-refractivity contribution in [3.05, 3.63) is 46.6 Å². The fourth-order valence-corrected chi connectivity index (χ4v) is 3.93. The smallest absolute Gasteiger partial charge is 0.142 e. The molecule has 1 aliphatic heterocycles. The lowest BCUT2D eigenvalue weighted by molar-refractivity contribution is 0.657. The van der Waals surface area contributed by atoms with E-state index in [0.29, 0.717) is 0 Å². The van der Waals surface area contributed by atoms with Crippen molar-refractivity contribution in [1.82, 2.24) is 15.3 Å². The van der Waals surface area contributed by atoms with Crippen LogP contribution >= 0.6 is 11.3 Å². The van der Waals surface area contributed by atoms with E-state index in [2.05, 4.69) is 26.5 Å². The Hall–Kier alpha value is -2.42. The van der Waals surface area contributed by atoms with Crippen LogP contribution in [0.2, 0.25) is 0 Å². The summed E-state index contributed by atoms with van der Waals surface area (Å²) in [5, 5.41) is 7.95. The average molecular weight is 306 g/mol. The quantitative estimate of drug-likeness (QED) is 0.715. The van der Waals surface area contributed by atoms with Gasteiger partial charge in [0.15, 0.2) is 0 Å². The van der Waals surface area contributed by atoms with E-state index in [1.165, 1.54) is 10.4 Å². The Kier molecular flexibility index (Phi) is 3.26. The normalized spacial score (nSPS) is 13.6. The van der Waals surface area contributed by atoms with Gasteiger partial charge in [0.25, 0.3) is 0 Å².